The van der Waals surface area contributed by atoms with Crippen LogP contribution in [0.3, 0.4) is 0 Å². The summed E-state index contributed by atoms with van der Waals surface area (Å²) in [6.07, 6.45) is -3.27. The summed E-state index contributed by atoms with van der Waals surface area (Å²) in [7, 11) is 0. The molecule has 0 radical (unpaired) electrons. The average Bonchev–Trinajstić information content (AvgIpc) is 2.65. The monoisotopic (exact) mass is 400 g/mol. The highest BCUT2D eigenvalue weighted by Gasteiger charge is 2.30. The van der Waals surface area contributed by atoms with E-state index in [9.17, 15) is 13.2 Å². The minimum absolute atomic E-state index is 0.282. The van der Waals surface area contributed by atoms with Gasteiger partial charge in [-0.15, -0.1) is 0 Å². The Balaban J connectivity index is 1.92. The molecule has 1 saturated heterocycles. The molecule has 5 nitrogen and oxygen atoms in total. The van der Waals surface area contributed by atoms with Crippen LogP contribution in [0.15, 0.2) is 24.3 Å². The zero-order valence-corrected chi connectivity index (χ0v) is 15.8. The summed E-state index contributed by atoms with van der Waals surface area (Å²) in [6, 6.07) is 7.01. The van der Waals surface area contributed by atoms with Gasteiger partial charge >= 0.3 is 6.18 Å². The summed E-state index contributed by atoms with van der Waals surface area (Å²) < 4.78 is 43.9. The molecule has 2 rings (SSSR count). The van der Waals surface area contributed by atoms with E-state index in [0.717, 1.165) is 51.4 Å². The fourth-order valence-corrected chi connectivity index (χ4v) is 3.09. The van der Waals surface area contributed by atoms with Gasteiger partial charge in [-0.25, -0.2) is 0 Å². The Morgan fingerprint density at radius 3 is 2.70 bits per heavy atom. The number of alkyl halides is 3. The molecule has 1 aliphatic rings. The quantitative estimate of drug-likeness (QED) is 0.709. The van der Waals surface area contributed by atoms with Gasteiger partial charge < -0.3 is 15.0 Å². The van der Waals surface area contributed by atoms with E-state index in [1.54, 1.807) is 0 Å². The third-order valence-corrected chi connectivity index (χ3v) is 4.59. The molecule has 0 unspecified atom stereocenters. The number of nitrogens with one attached hydrogen (secondary N) is 1. The first kappa shape index (κ1) is 21.4. The van der Waals surface area contributed by atoms with Gasteiger partial charge in [-0.3, -0.25) is 4.90 Å². The standard InChI is InChI=1S/C18H23F3N4OS/c19-18(20,21)15-4-1-5-16(14-15)23-17(27)25(8-2-6-22)9-3-7-24-10-12-26-13-11-24/h1,4-5,14H,2-3,7-13H2,(H,23,27). The van der Waals surface area contributed by atoms with Crippen molar-refractivity contribution in [3.05, 3.63) is 29.8 Å². The van der Waals surface area contributed by atoms with E-state index in [1.165, 1.54) is 12.1 Å². The lowest BCUT2D eigenvalue weighted by Gasteiger charge is -2.29. The summed E-state index contributed by atoms with van der Waals surface area (Å²) in [5.74, 6) is 0. The number of rotatable bonds is 7. The highest BCUT2D eigenvalue weighted by Crippen LogP contribution is 2.30. The molecule has 1 fully saturated rings. The van der Waals surface area contributed by atoms with Gasteiger partial charge in [-0.1, -0.05) is 6.07 Å². The van der Waals surface area contributed by atoms with Crippen molar-refractivity contribution in [3.63, 3.8) is 0 Å². The first-order valence-electron chi connectivity index (χ1n) is 8.80. The first-order chi connectivity index (χ1) is 12.9. The van der Waals surface area contributed by atoms with Crippen LogP contribution in [0.1, 0.15) is 18.4 Å². The molecule has 9 heteroatoms. The summed E-state index contributed by atoms with van der Waals surface area (Å²) >= 11 is 5.37. The average molecular weight is 400 g/mol. The number of ether oxygens (including phenoxy) is 1. The molecule has 0 bridgehead atoms. The lowest BCUT2D eigenvalue weighted by molar-refractivity contribution is -0.137. The Labute approximate surface area is 162 Å². The van der Waals surface area contributed by atoms with Crippen LogP contribution in [0.4, 0.5) is 18.9 Å². The van der Waals surface area contributed by atoms with E-state index in [0.29, 0.717) is 24.6 Å². The minimum atomic E-state index is -4.40. The van der Waals surface area contributed by atoms with E-state index in [1.807, 2.05) is 4.90 Å². The molecule has 1 aliphatic heterocycles. The second kappa shape index (κ2) is 10.4. The van der Waals surface area contributed by atoms with Crippen LogP contribution in [0.5, 0.6) is 0 Å². The summed E-state index contributed by atoms with van der Waals surface area (Å²) in [5, 5.41) is 12.0. The molecule has 0 aromatic heterocycles. The molecule has 0 aliphatic carbocycles. The number of thiocarbonyl (C=S) groups is 1. The lowest BCUT2D eigenvalue weighted by atomic mass is 10.2. The molecule has 1 N–H and O–H groups in total. The molecular weight excluding hydrogens is 377 g/mol. The maximum Gasteiger partial charge on any atom is 0.416 e. The van der Waals surface area contributed by atoms with Crippen molar-refractivity contribution in [2.45, 2.75) is 19.0 Å². The molecule has 1 aromatic carbocycles. The van der Waals surface area contributed by atoms with Crippen LogP contribution in [0.25, 0.3) is 0 Å². The van der Waals surface area contributed by atoms with E-state index < -0.39 is 11.7 Å². The number of nitrogens with zero attached hydrogens (tertiary/aromatic N) is 3. The Morgan fingerprint density at radius 1 is 1.30 bits per heavy atom. The van der Waals surface area contributed by atoms with Crippen LogP contribution < -0.4 is 5.32 Å². The normalized spacial score (nSPS) is 15.2. The number of benzene rings is 1. The number of halogens is 3. The number of anilines is 1. The van der Waals surface area contributed by atoms with Gasteiger partial charge in [0, 0.05) is 38.4 Å². The summed E-state index contributed by atoms with van der Waals surface area (Å²) in [4.78, 5) is 4.13. The molecule has 0 atom stereocenters. The van der Waals surface area contributed by atoms with Gasteiger partial charge in [0.15, 0.2) is 5.11 Å². The Morgan fingerprint density at radius 2 is 2.04 bits per heavy atom. The molecular formula is C18H23F3N4OS. The zero-order valence-electron chi connectivity index (χ0n) is 15.0. The maximum atomic E-state index is 12.9. The maximum absolute atomic E-state index is 12.9. The van der Waals surface area contributed by atoms with Crippen molar-refractivity contribution < 1.29 is 17.9 Å². The fourth-order valence-electron chi connectivity index (χ4n) is 2.79. The largest absolute Gasteiger partial charge is 0.416 e. The van der Waals surface area contributed by atoms with Crippen LogP contribution in [-0.4, -0.2) is 60.8 Å². The molecule has 0 amide bonds. The summed E-state index contributed by atoms with van der Waals surface area (Å²) in [6.45, 7) is 5.20. The topological polar surface area (TPSA) is 51.5 Å². The lowest BCUT2D eigenvalue weighted by Crippen LogP contribution is -2.40. The van der Waals surface area contributed by atoms with Crippen LogP contribution in [0.2, 0.25) is 0 Å². The number of morpholine rings is 1. The molecule has 0 saturated carbocycles. The van der Waals surface area contributed by atoms with Gasteiger partial charge in [0.05, 0.1) is 31.3 Å². The second-order valence-electron chi connectivity index (χ2n) is 6.21. The van der Waals surface area contributed by atoms with E-state index in [2.05, 4.69) is 16.3 Å². The Kier molecular flexibility index (Phi) is 8.28. The molecule has 0 spiro atoms. The molecule has 1 aromatic rings. The third-order valence-electron chi connectivity index (χ3n) is 4.23. The minimum Gasteiger partial charge on any atom is -0.379 e. The SMILES string of the molecule is N#CCCN(CCCN1CCOCC1)C(=S)Nc1cccc(C(F)(F)F)c1. The van der Waals surface area contributed by atoms with Crippen molar-refractivity contribution in [1.82, 2.24) is 9.80 Å². The number of hydrogen-bond donors (Lipinski definition) is 1. The van der Waals surface area contributed by atoms with Crippen molar-refractivity contribution in [2.24, 2.45) is 0 Å². The zero-order chi connectivity index (χ0) is 19.7. The van der Waals surface area contributed by atoms with Crippen LogP contribution in [0, 0.1) is 11.3 Å². The highest BCUT2D eigenvalue weighted by molar-refractivity contribution is 7.80. The van der Waals surface area contributed by atoms with E-state index in [4.69, 9.17) is 22.2 Å². The molecule has 1 heterocycles. The number of hydrogen-bond acceptors (Lipinski definition) is 4. The highest BCUT2D eigenvalue weighted by atomic mass is 32.1. The van der Waals surface area contributed by atoms with E-state index >= 15 is 0 Å². The van der Waals surface area contributed by atoms with Crippen molar-refractivity contribution in [2.75, 3.05) is 51.3 Å². The first-order valence-corrected chi connectivity index (χ1v) is 9.21. The van der Waals surface area contributed by atoms with Crippen molar-refractivity contribution in [3.8, 4) is 6.07 Å². The summed E-state index contributed by atoms with van der Waals surface area (Å²) in [5.41, 5.74) is -0.448. The Hall–Kier alpha value is -1.89. The fraction of sp³-hybridized carbons (Fsp3) is 0.556. The Bertz CT molecular complexity index is 657. The van der Waals surface area contributed by atoms with Gasteiger partial charge in [0.25, 0.3) is 0 Å². The second-order valence-corrected chi connectivity index (χ2v) is 6.60. The van der Waals surface area contributed by atoms with Crippen LogP contribution >= 0.6 is 12.2 Å². The van der Waals surface area contributed by atoms with Crippen molar-refractivity contribution in [1.29, 1.82) is 5.26 Å². The molecule has 148 valence electrons. The predicted octanol–water partition coefficient (Wildman–Crippen LogP) is 3.34. The third kappa shape index (κ3) is 7.33. The predicted molar refractivity (Wildman–Crippen MR) is 101 cm³/mol. The van der Waals surface area contributed by atoms with Crippen LogP contribution in [-0.2, 0) is 10.9 Å². The van der Waals surface area contributed by atoms with Gasteiger partial charge in [-0.05, 0) is 36.8 Å². The smallest absolute Gasteiger partial charge is 0.379 e. The van der Waals surface area contributed by atoms with E-state index in [-0.39, 0.29) is 5.69 Å². The number of nitriles is 1. The molecule has 27 heavy (non-hydrogen) atoms. The van der Waals surface area contributed by atoms with Gasteiger partial charge in [0.1, 0.15) is 0 Å². The van der Waals surface area contributed by atoms with Crippen molar-refractivity contribution >= 4 is 23.0 Å². The van der Waals surface area contributed by atoms with Gasteiger partial charge in [0.2, 0.25) is 0 Å². The van der Waals surface area contributed by atoms with Gasteiger partial charge in [-0.2, -0.15) is 18.4 Å².